The summed E-state index contributed by atoms with van der Waals surface area (Å²) in [6, 6.07) is 7.42. The maximum Gasteiger partial charge on any atom is 0.387 e. The highest BCUT2D eigenvalue weighted by atomic mass is 17.3. The van der Waals surface area contributed by atoms with Crippen LogP contribution in [0, 0.1) is 0 Å². The van der Waals surface area contributed by atoms with E-state index in [0.717, 1.165) is 11.3 Å². The number of para-hydroxylation sites is 1. The maximum atomic E-state index is 11.9. The minimum atomic E-state index is -1.20. The molecular weight excluding hydrogens is 254 g/mol. The van der Waals surface area contributed by atoms with Gasteiger partial charge in [0.05, 0.1) is 0 Å². The zero-order valence-corrected chi connectivity index (χ0v) is 11.6. The Labute approximate surface area is 118 Å². The van der Waals surface area contributed by atoms with Gasteiger partial charge in [-0.15, -0.1) is 0 Å². The first-order valence-corrected chi connectivity index (χ1v) is 6.50. The van der Waals surface area contributed by atoms with Crippen molar-refractivity contribution in [1.82, 2.24) is 0 Å². The summed E-state index contributed by atoms with van der Waals surface area (Å²) in [5.41, 5.74) is 1.64. The SMILES string of the molecule is C=CC1=C(C=C)C2(OOC2=O)c2ccccc2N1.CC. The predicted molar refractivity (Wildman–Crippen MR) is 77.7 cm³/mol. The molecule has 20 heavy (non-hydrogen) atoms. The number of anilines is 1. The van der Waals surface area contributed by atoms with Crippen LogP contribution < -0.4 is 5.32 Å². The molecule has 1 saturated heterocycles. The normalized spacial score (nSPS) is 22.6. The van der Waals surface area contributed by atoms with E-state index in [4.69, 9.17) is 4.89 Å². The summed E-state index contributed by atoms with van der Waals surface area (Å²) >= 11 is 0. The van der Waals surface area contributed by atoms with Gasteiger partial charge in [-0.3, -0.25) is 4.89 Å². The minimum Gasteiger partial charge on any atom is -0.355 e. The second kappa shape index (κ2) is 5.35. The van der Waals surface area contributed by atoms with Crippen LogP contribution in [-0.4, -0.2) is 5.97 Å². The van der Waals surface area contributed by atoms with Crippen molar-refractivity contribution in [3.63, 3.8) is 0 Å². The Morgan fingerprint density at radius 2 is 1.90 bits per heavy atom. The molecule has 104 valence electrons. The van der Waals surface area contributed by atoms with E-state index in [-0.39, 0.29) is 0 Å². The van der Waals surface area contributed by atoms with Gasteiger partial charge in [0.1, 0.15) is 0 Å². The van der Waals surface area contributed by atoms with Crippen LogP contribution in [0.15, 0.2) is 60.8 Å². The van der Waals surface area contributed by atoms with Gasteiger partial charge in [0.2, 0.25) is 0 Å². The van der Waals surface area contributed by atoms with Crippen LogP contribution in [-0.2, 0) is 20.2 Å². The lowest BCUT2D eigenvalue weighted by Crippen LogP contribution is -2.53. The maximum absolute atomic E-state index is 11.9. The number of rotatable bonds is 2. The largest absolute Gasteiger partial charge is 0.387 e. The van der Waals surface area contributed by atoms with Gasteiger partial charge < -0.3 is 5.32 Å². The molecule has 1 unspecified atom stereocenters. The van der Waals surface area contributed by atoms with Crippen molar-refractivity contribution in [1.29, 1.82) is 0 Å². The number of hydrogen-bond donors (Lipinski definition) is 1. The third-order valence-corrected chi connectivity index (χ3v) is 3.18. The molecule has 0 bridgehead atoms. The summed E-state index contributed by atoms with van der Waals surface area (Å²) in [5.74, 6) is -0.439. The number of allylic oxidation sites excluding steroid dienone is 1. The number of fused-ring (bicyclic) bond motifs is 2. The molecule has 1 aromatic rings. The average Bonchev–Trinajstić information content (AvgIpc) is 2.52. The summed E-state index contributed by atoms with van der Waals surface area (Å²) in [6.45, 7) is 11.5. The molecule has 2 aliphatic rings. The van der Waals surface area contributed by atoms with Crippen molar-refractivity contribution in [2.45, 2.75) is 19.4 Å². The number of carbonyl (C=O) groups excluding carboxylic acids is 1. The first-order chi connectivity index (χ1) is 9.74. The number of benzene rings is 1. The molecule has 0 saturated carbocycles. The van der Waals surface area contributed by atoms with E-state index in [2.05, 4.69) is 23.4 Å². The number of carbonyl (C=O) groups is 1. The van der Waals surface area contributed by atoms with Crippen LogP contribution in [0.4, 0.5) is 5.69 Å². The van der Waals surface area contributed by atoms with Gasteiger partial charge in [0, 0.05) is 22.5 Å². The van der Waals surface area contributed by atoms with Crippen LogP contribution >= 0.6 is 0 Å². The van der Waals surface area contributed by atoms with E-state index in [1.807, 2.05) is 38.1 Å². The Balaban J connectivity index is 0.000000704. The Morgan fingerprint density at radius 3 is 2.40 bits per heavy atom. The fourth-order valence-electron chi connectivity index (χ4n) is 2.33. The highest BCUT2D eigenvalue weighted by Crippen LogP contribution is 2.49. The van der Waals surface area contributed by atoms with E-state index in [9.17, 15) is 4.79 Å². The zero-order chi connectivity index (χ0) is 14.8. The lowest BCUT2D eigenvalue weighted by Gasteiger charge is -2.42. The molecular formula is C16H17NO3. The monoisotopic (exact) mass is 271 g/mol. The third-order valence-electron chi connectivity index (χ3n) is 3.18. The standard InChI is InChI=1S/C14H11NO3.C2H6/c1-3-9-11(4-2)15-12-8-6-5-7-10(12)14(9)13(16)17-18-14;1-2/h3-8,15H,1-2H2;1-2H3. The summed E-state index contributed by atoms with van der Waals surface area (Å²) in [6.07, 6.45) is 3.21. The van der Waals surface area contributed by atoms with Gasteiger partial charge in [-0.1, -0.05) is 51.3 Å². The second-order valence-electron chi connectivity index (χ2n) is 4.04. The Morgan fingerprint density at radius 1 is 1.20 bits per heavy atom. The Kier molecular flexibility index (Phi) is 3.77. The van der Waals surface area contributed by atoms with Crippen LogP contribution in [0.2, 0.25) is 0 Å². The van der Waals surface area contributed by atoms with Crippen molar-refractivity contribution in [3.05, 3.63) is 66.4 Å². The fraction of sp³-hybridized carbons (Fsp3) is 0.188. The Hall–Kier alpha value is -2.33. The molecule has 1 fully saturated rings. The minimum absolute atomic E-state index is 0.439. The van der Waals surface area contributed by atoms with Gasteiger partial charge in [0.15, 0.2) is 0 Å². The fourth-order valence-corrected chi connectivity index (χ4v) is 2.33. The van der Waals surface area contributed by atoms with Crippen LogP contribution in [0.1, 0.15) is 19.4 Å². The van der Waals surface area contributed by atoms with Crippen LogP contribution in [0.3, 0.4) is 0 Å². The summed E-state index contributed by atoms with van der Waals surface area (Å²) in [5, 5.41) is 3.19. The van der Waals surface area contributed by atoms with Gasteiger partial charge in [-0.05, 0) is 12.1 Å². The summed E-state index contributed by atoms with van der Waals surface area (Å²) in [4.78, 5) is 21.6. The molecule has 1 N–H and O–H groups in total. The molecule has 0 amide bonds. The quantitative estimate of drug-likeness (QED) is 0.837. The van der Waals surface area contributed by atoms with E-state index >= 15 is 0 Å². The molecule has 0 aromatic heterocycles. The molecule has 0 radical (unpaired) electrons. The first kappa shape index (κ1) is 14.1. The lowest BCUT2D eigenvalue weighted by atomic mass is 9.80. The molecule has 4 heteroatoms. The third kappa shape index (κ3) is 1.69. The smallest absolute Gasteiger partial charge is 0.355 e. The molecule has 0 aliphatic carbocycles. The summed E-state index contributed by atoms with van der Waals surface area (Å²) < 4.78 is 0. The molecule has 1 atom stereocenters. The topological polar surface area (TPSA) is 47.6 Å². The molecule has 2 aliphatic heterocycles. The van der Waals surface area contributed by atoms with E-state index < -0.39 is 11.6 Å². The van der Waals surface area contributed by atoms with Crippen molar-refractivity contribution in [2.75, 3.05) is 5.32 Å². The molecule has 4 nitrogen and oxygen atoms in total. The summed E-state index contributed by atoms with van der Waals surface area (Å²) in [7, 11) is 0. The average molecular weight is 271 g/mol. The van der Waals surface area contributed by atoms with Crippen LogP contribution in [0.5, 0.6) is 0 Å². The first-order valence-electron chi connectivity index (χ1n) is 6.50. The van der Waals surface area contributed by atoms with E-state index in [1.54, 1.807) is 12.2 Å². The van der Waals surface area contributed by atoms with Gasteiger partial charge in [0.25, 0.3) is 5.60 Å². The highest BCUT2D eigenvalue weighted by molar-refractivity contribution is 5.93. The van der Waals surface area contributed by atoms with Gasteiger partial charge >= 0.3 is 5.97 Å². The molecule has 1 aromatic carbocycles. The van der Waals surface area contributed by atoms with Crippen molar-refractivity contribution >= 4 is 11.7 Å². The zero-order valence-electron chi connectivity index (χ0n) is 11.6. The number of nitrogens with one attached hydrogen (secondary N) is 1. The van der Waals surface area contributed by atoms with Crippen LogP contribution in [0.25, 0.3) is 0 Å². The molecule has 1 spiro atoms. The van der Waals surface area contributed by atoms with Gasteiger partial charge in [-0.2, -0.15) is 4.89 Å². The number of hydrogen-bond acceptors (Lipinski definition) is 4. The van der Waals surface area contributed by atoms with E-state index in [0.29, 0.717) is 11.3 Å². The van der Waals surface area contributed by atoms with E-state index in [1.165, 1.54) is 0 Å². The second-order valence-corrected chi connectivity index (χ2v) is 4.04. The van der Waals surface area contributed by atoms with Crippen molar-refractivity contribution < 1.29 is 14.6 Å². The molecule has 2 heterocycles. The Bertz CT molecular complexity index is 603. The lowest BCUT2D eigenvalue weighted by molar-refractivity contribution is -0.396. The van der Waals surface area contributed by atoms with Crippen molar-refractivity contribution in [3.8, 4) is 0 Å². The highest BCUT2D eigenvalue weighted by Gasteiger charge is 2.59. The van der Waals surface area contributed by atoms with Gasteiger partial charge in [-0.25, -0.2) is 4.79 Å². The predicted octanol–water partition coefficient (Wildman–Crippen LogP) is 3.45. The van der Waals surface area contributed by atoms with Crippen molar-refractivity contribution in [2.24, 2.45) is 0 Å². The molecule has 3 rings (SSSR count).